The van der Waals surface area contributed by atoms with Gasteiger partial charge in [0, 0.05) is 11.6 Å². The highest BCUT2D eigenvalue weighted by atomic mass is 16.6. The Morgan fingerprint density at radius 1 is 1.19 bits per heavy atom. The number of rotatable bonds is 5. The molecule has 0 atom stereocenters. The van der Waals surface area contributed by atoms with Crippen molar-refractivity contribution >= 4 is 23.6 Å². The molecule has 138 valence electrons. The third-order valence-electron chi connectivity index (χ3n) is 4.15. The molecular formula is C20H18N2O5. The van der Waals surface area contributed by atoms with Gasteiger partial charge in [0.25, 0.3) is 0 Å². The van der Waals surface area contributed by atoms with E-state index in [0.717, 1.165) is 5.56 Å². The fourth-order valence-corrected chi connectivity index (χ4v) is 2.63. The molecule has 0 radical (unpaired) electrons. The number of ether oxygens (including phenoxy) is 2. The van der Waals surface area contributed by atoms with Crippen molar-refractivity contribution in [2.75, 3.05) is 7.11 Å². The Hall–Kier alpha value is -3.48. The van der Waals surface area contributed by atoms with Crippen LogP contribution in [0, 0.1) is 10.1 Å². The molecule has 3 rings (SSSR count). The van der Waals surface area contributed by atoms with Gasteiger partial charge in [-0.25, -0.2) is 9.79 Å². The molecule has 1 aliphatic rings. The molecule has 0 aromatic heterocycles. The molecule has 2 aromatic rings. The Kier molecular flexibility index (Phi) is 5.03. The summed E-state index contributed by atoms with van der Waals surface area (Å²) in [5, 5.41) is 11.2. The van der Waals surface area contributed by atoms with Crippen LogP contribution in [-0.2, 0) is 9.53 Å². The van der Waals surface area contributed by atoms with Gasteiger partial charge in [-0.1, -0.05) is 38.1 Å². The zero-order valence-electron chi connectivity index (χ0n) is 15.1. The SMILES string of the molecule is COc1ccc(C2=NC(=Cc3ccc(C(C)C)cc3)C(=O)O2)cc1[N+](=O)[O-]. The van der Waals surface area contributed by atoms with Crippen molar-refractivity contribution in [3.05, 3.63) is 75.0 Å². The summed E-state index contributed by atoms with van der Waals surface area (Å²) >= 11 is 0. The lowest BCUT2D eigenvalue weighted by Crippen LogP contribution is -2.06. The normalized spacial score (nSPS) is 15.0. The molecule has 0 unspecified atom stereocenters. The van der Waals surface area contributed by atoms with Crippen LogP contribution in [0.2, 0.25) is 0 Å². The maximum Gasteiger partial charge on any atom is 0.363 e. The zero-order chi connectivity index (χ0) is 19.6. The average molecular weight is 366 g/mol. The fraction of sp³-hybridized carbons (Fsp3) is 0.200. The minimum atomic E-state index is -0.601. The van der Waals surface area contributed by atoms with E-state index in [9.17, 15) is 14.9 Å². The number of nitrogens with zero attached hydrogens (tertiary/aromatic N) is 2. The van der Waals surface area contributed by atoms with Gasteiger partial charge in [-0.3, -0.25) is 10.1 Å². The molecule has 27 heavy (non-hydrogen) atoms. The summed E-state index contributed by atoms with van der Waals surface area (Å²) in [5.41, 5.74) is 2.25. The number of esters is 1. The first-order valence-corrected chi connectivity index (χ1v) is 8.34. The molecule has 0 fully saturated rings. The van der Waals surface area contributed by atoms with E-state index in [4.69, 9.17) is 9.47 Å². The predicted molar refractivity (Wildman–Crippen MR) is 101 cm³/mol. The van der Waals surface area contributed by atoms with Crippen LogP contribution in [-0.4, -0.2) is 23.9 Å². The monoisotopic (exact) mass is 366 g/mol. The second-order valence-corrected chi connectivity index (χ2v) is 6.30. The van der Waals surface area contributed by atoms with Crippen LogP contribution in [0.1, 0.15) is 36.5 Å². The van der Waals surface area contributed by atoms with Crippen molar-refractivity contribution in [2.24, 2.45) is 4.99 Å². The Balaban J connectivity index is 1.92. The quantitative estimate of drug-likeness (QED) is 0.344. The number of methoxy groups -OCH3 is 1. The van der Waals surface area contributed by atoms with Crippen LogP contribution >= 0.6 is 0 Å². The van der Waals surface area contributed by atoms with Gasteiger partial charge in [0.1, 0.15) is 0 Å². The maximum absolute atomic E-state index is 12.1. The van der Waals surface area contributed by atoms with E-state index in [1.165, 1.54) is 24.8 Å². The number of hydrogen-bond donors (Lipinski definition) is 0. The Morgan fingerprint density at radius 3 is 2.48 bits per heavy atom. The highest BCUT2D eigenvalue weighted by molar-refractivity contribution is 6.13. The summed E-state index contributed by atoms with van der Waals surface area (Å²) < 4.78 is 10.2. The van der Waals surface area contributed by atoms with E-state index in [0.29, 0.717) is 11.5 Å². The van der Waals surface area contributed by atoms with Gasteiger partial charge in [0.15, 0.2) is 11.4 Å². The maximum atomic E-state index is 12.1. The molecule has 0 bridgehead atoms. The van der Waals surface area contributed by atoms with Crippen molar-refractivity contribution in [1.29, 1.82) is 0 Å². The zero-order valence-corrected chi connectivity index (χ0v) is 15.1. The molecule has 2 aromatic carbocycles. The van der Waals surface area contributed by atoms with Crippen LogP contribution in [0.3, 0.4) is 0 Å². The van der Waals surface area contributed by atoms with Crippen LogP contribution in [0.15, 0.2) is 53.2 Å². The second kappa shape index (κ2) is 7.41. The van der Waals surface area contributed by atoms with E-state index in [2.05, 4.69) is 18.8 Å². The van der Waals surface area contributed by atoms with Crippen molar-refractivity contribution in [3.8, 4) is 5.75 Å². The van der Waals surface area contributed by atoms with Gasteiger partial charge in [0.2, 0.25) is 5.90 Å². The lowest BCUT2D eigenvalue weighted by atomic mass is 10.0. The minimum Gasteiger partial charge on any atom is -0.490 e. The number of aliphatic imine (C=N–C) groups is 1. The number of benzene rings is 2. The van der Waals surface area contributed by atoms with Crippen LogP contribution in [0.5, 0.6) is 5.75 Å². The van der Waals surface area contributed by atoms with E-state index in [1.807, 2.05) is 24.3 Å². The second-order valence-electron chi connectivity index (χ2n) is 6.30. The van der Waals surface area contributed by atoms with E-state index >= 15 is 0 Å². The highest BCUT2D eigenvalue weighted by Crippen LogP contribution is 2.29. The fourth-order valence-electron chi connectivity index (χ4n) is 2.63. The molecule has 0 aliphatic carbocycles. The average Bonchev–Trinajstić information content (AvgIpc) is 3.02. The van der Waals surface area contributed by atoms with E-state index in [1.54, 1.807) is 12.1 Å². The summed E-state index contributed by atoms with van der Waals surface area (Å²) in [6, 6.07) is 12.1. The van der Waals surface area contributed by atoms with Gasteiger partial charge in [-0.05, 0) is 35.3 Å². The first kappa shape index (κ1) is 18.3. The molecule has 7 heteroatoms. The smallest absolute Gasteiger partial charge is 0.363 e. The summed E-state index contributed by atoms with van der Waals surface area (Å²) in [6.45, 7) is 4.21. The van der Waals surface area contributed by atoms with E-state index in [-0.39, 0.29) is 23.0 Å². The summed E-state index contributed by atoms with van der Waals surface area (Å²) in [6.07, 6.45) is 1.62. The summed E-state index contributed by atoms with van der Waals surface area (Å²) in [5.74, 6) is -0.0412. The molecule has 0 amide bonds. The van der Waals surface area contributed by atoms with Gasteiger partial charge < -0.3 is 9.47 Å². The number of carbonyl (C=O) groups excluding carboxylic acids is 1. The molecule has 7 nitrogen and oxygen atoms in total. The molecule has 0 N–H and O–H groups in total. The molecular weight excluding hydrogens is 348 g/mol. The predicted octanol–water partition coefficient (Wildman–Crippen LogP) is 4.07. The van der Waals surface area contributed by atoms with Crippen molar-refractivity contribution in [1.82, 2.24) is 0 Å². The van der Waals surface area contributed by atoms with Crippen molar-refractivity contribution in [3.63, 3.8) is 0 Å². The Labute approximate surface area is 156 Å². The lowest BCUT2D eigenvalue weighted by Gasteiger charge is -2.04. The lowest BCUT2D eigenvalue weighted by molar-refractivity contribution is -0.385. The Morgan fingerprint density at radius 2 is 1.89 bits per heavy atom. The van der Waals surface area contributed by atoms with Crippen LogP contribution in [0.4, 0.5) is 5.69 Å². The third kappa shape index (κ3) is 3.87. The molecule has 0 saturated carbocycles. The number of nitro benzene ring substituents is 1. The third-order valence-corrected chi connectivity index (χ3v) is 4.15. The van der Waals surface area contributed by atoms with Gasteiger partial charge in [-0.15, -0.1) is 0 Å². The minimum absolute atomic E-state index is 0.0239. The van der Waals surface area contributed by atoms with Gasteiger partial charge in [-0.2, -0.15) is 0 Å². The number of cyclic esters (lactones) is 1. The number of carbonyl (C=O) groups is 1. The first-order chi connectivity index (χ1) is 12.9. The van der Waals surface area contributed by atoms with Gasteiger partial charge >= 0.3 is 11.7 Å². The topological polar surface area (TPSA) is 91.0 Å². The largest absolute Gasteiger partial charge is 0.490 e. The van der Waals surface area contributed by atoms with Crippen molar-refractivity contribution in [2.45, 2.75) is 19.8 Å². The highest BCUT2D eigenvalue weighted by Gasteiger charge is 2.26. The number of hydrogen-bond acceptors (Lipinski definition) is 6. The molecule has 0 saturated heterocycles. The Bertz CT molecular complexity index is 959. The summed E-state index contributed by atoms with van der Waals surface area (Å²) in [7, 11) is 1.35. The first-order valence-electron chi connectivity index (χ1n) is 8.34. The van der Waals surface area contributed by atoms with E-state index < -0.39 is 10.9 Å². The van der Waals surface area contributed by atoms with Crippen LogP contribution < -0.4 is 4.74 Å². The summed E-state index contributed by atoms with van der Waals surface area (Å²) in [4.78, 5) is 26.9. The van der Waals surface area contributed by atoms with Crippen LogP contribution in [0.25, 0.3) is 6.08 Å². The van der Waals surface area contributed by atoms with Crippen molar-refractivity contribution < 1.29 is 19.2 Å². The molecule has 1 aliphatic heterocycles. The molecule has 0 spiro atoms. The molecule has 1 heterocycles. The van der Waals surface area contributed by atoms with Gasteiger partial charge in [0.05, 0.1) is 12.0 Å². The standard InChI is InChI=1S/C20H18N2O5/c1-12(2)14-6-4-13(5-7-14)10-16-20(23)27-19(21-16)15-8-9-18(26-3)17(11-15)22(24)25/h4-12H,1-3H3. The number of nitro groups is 1.